The molecule has 0 N–H and O–H groups in total. The van der Waals surface area contributed by atoms with Crippen LogP contribution in [0.5, 0.6) is 0 Å². The van der Waals surface area contributed by atoms with Gasteiger partial charge >= 0.3 is 0 Å². The third-order valence-corrected chi connectivity index (χ3v) is 4.07. The summed E-state index contributed by atoms with van der Waals surface area (Å²) in [5, 5.41) is 15.9. The van der Waals surface area contributed by atoms with Crippen molar-refractivity contribution < 1.29 is 18.4 Å². The Morgan fingerprint density at radius 3 is 3.19 bits per heavy atom. The van der Waals surface area contributed by atoms with Crippen molar-refractivity contribution in [3.8, 4) is 11.7 Å². The molecule has 3 aromatic heterocycles. The zero-order chi connectivity index (χ0) is 17.8. The quantitative estimate of drug-likeness (QED) is 0.590. The van der Waals surface area contributed by atoms with E-state index in [-0.39, 0.29) is 6.10 Å². The van der Waals surface area contributed by atoms with Gasteiger partial charge in [-0.15, -0.1) is 5.10 Å². The van der Waals surface area contributed by atoms with Crippen LogP contribution in [0.2, 0.25) is 0 Å². The van der Waals surface area contributed by atoms with E-state index in [1.54, 1.807) is 30.2 Å². The van der Waals surface area contributed by atoms with E-state index in [4.69, 9.17) is 18.4 Å². The molecule has 3 aromatic rings. The minimum Gasteiger partial charge on any atom is -0.459 e. The maximum Gasteiger partial charge on any atom is 0.293 e. The molecule has 26 heavy (non-hydrogen) atoms. The molecule has 4 rings (SSSR count). The second-order valence-electron chi connectivity index (χ2n) is 5.84. The fraction of sp³-hybridized carbons (Fsp3) is 0.533. The van der Waals surface area contributed by atoms with E-state index in [9.17, 15) is 0 Å². The molecule has 0 saturated carbocycles. The van der Waals surface area contributed by atoms with E-state index in [0.717, 1.165) is 6.54 Å². The van der Waals surface area contributed by atoms with Crippen LogP contribution in [0.1, 0.15) is 17.8 Å². The predicted octanol–water partition coefficient (Wildman–Crippen LogP) is 0.536. The number of nitrogens with zero attached hydrogens (tertiary/aromatic N) is 7. The summed E-state index contributed by atoms with van der Waals surface area (Å²) in [6.07, 6.45) is 1.35. The number of tetrazole rings is 1. The first-order valence-corrected chi connectivity index (χ1v) is 8.29. The van der Waals surface area contributed by atoms with Crippen LogP contribution in [-0.4, -0.2) is 68.7 Å². The fourth-order valence-electron chi connectivity index (χ4n) is 2.80. The van der Waals surface area contributed by atoms with Gasteiger partial charge in [0.05, 0.1) is 32.6 Å². The van der Waals surface area contributed by atoms with Gasteiger partial charge in [-0.05, 0) is 22.6 Å². The van der Waals surface area contributed by atoms with E-state index in [1.165, 1.54) is 0 Å². The number of hydrogen-bond donors (Lipinski definition) is 0. The number of methoxy groups -OCH3 is 1. The molecule has 1 saturated heterocycles. The molecule has 1 aliphatic rings. The highest BCUT2D eigenvalue weighted by atomic mass is 16.5. The number of rotatable bonds is 7. The molecule has 0 spiro atoms. The Balaban J connectivity index is 1.40. The summed E-state index contributed by atoms with van der Waals surface area (Å²) in [5.41, 5.74) is 0. The molecule has 0 aromatic carbocycles. The molecule has 0 bridgehead atoms. The fourth-order valence-corrected chi connectivity index (χ4v) is 2.80. The van der Waals surface area contributed by atoms with Crippen LogP contribution in [-0.2, 0) is 22.6 Å². The topological polar surface area (TPSA) is 117 Å². The van der Waals surface area contributed by atoms with Gasteiger partial charge in [0.2, 0.25) is 0 Å². The van der Waals surface area contributed by atoms with Crippen molar-refractivity contribution in [3.05, 3.63) is 30.0 Å². The normalized spacial score (nSPS) is 18.4. The van der Waals surface area contributed by atoms with Crippen LogP contribution in [0.4, 0.5) is 0 Å². The number of furan rings is 1. The number of hydrogen-bond acceptors (Lipinski definition) is 10. The van der Waals surface area contributed by atoms with Crippen LogP contribution in [0.15, 0.2) is 27.3 Å². The zero-order valence-electron chi connectivity index (χ0n) is 14.3. The minimum absolute atomic E-state index is 0.216. The molecule has 0 unspecified atom stereocenters. The van der Waals surface area contributed by atoms with Crippen molar-refractivity contribution in [2.45, 2.75) is 19.2 Å². The van der Waals surface area contributed by atoms with Crippen molar-refractivity contribution in [1.82, 2.24) is 35.2 Å². The maximum atomic E-state index is 5.85. The van der Waals surface area contributed by atoms with Gasteiger partial charge in [-0.3, -0.25) is 4.90 Å². The average molecular weight is 361 g/mol. The first-order valence-electron chi connectivity index (χ1n) is 8.29. The lowest BCUT2D eigenvalue weighted by Crippen LogP contribution is -2.39. The predicted molar refractivity (Wildman–Crippen MR) is 85.7 cm³/mol. The van der Waals surface area contributed by atoms with Gasteiger partial charge in [-0.1, -0.05) is 5.16 Å². The van der Waals surface area contributed by atoms with Gasteiger partial charge < -0.3 is 18.4 Å². The Kier molecular flexibility index (Phi) is 5.00. The van der Waals surface area contributed by atoms with Gasteiger partial charge in [-0.2, -0.15) is 4.98 Å². The van der Waals surface area contributed by atoms with Crippen LogP contribution in [0.3, 0.4) is 0 Å². The Bertz CT molecular complexity index is 816. The highest BCUT2D eigenvalue weighted by molar-refractivity contribution is 5.42. The van der Waals surface area contributed by atoms with Gasteiger partial charge in [0.25, 0.3) is 5.89 Å². The minimum atomic E-state index is -0.216. The molecule has 4 heterocycles. The summed E-state index contributed by atoms with van der Waals surface area (Å²) in [6, 6.07) is 3.56. The molecule has 138 valence electrons. The number of morpholine rings is 1. The Morgan fingerprint density at radius 2 is 2.35 bits per heavy atom. The average Bonchev–Trinajstić information content (AvgIpc) is 3.41. The van der Waals surface area contributed by atoms with Crippen molar-refractivity contribution in [3.63, 3.8) is 0 Å². The van der Waals surface area contributed by atoms with Gasteiger partial charge in [0.1, 0.15) is 6.10 Å². The molecule has 11 nitrogen and oxygen atoms in total. The highest BCUT2D eigenvalue weighted by Crippen LogP contribution is 2.22. The molecule has 11 heteroatoms. The lowest BCUT2D eigenvalue weighted by atomic mass is 10.2. The van der Waals surface area contributed by atoms with Crippen LogP contribution in [0, 0.1) is 0 Å². The van der Waals surface area contributed by atoms with Gasteiger partial charge in [0.15, 0.2) is 17.4 Å². The summed E-state index contributed by atoms with van der Waals surface area (Å²) in [7, 11) is 1.64. The third-order valence-electron chi connectivity index (χ3n) is 4.07. The summed E-state index contributed by atoms with van der Waals surface area (Å²) in [4.78, 5) is 6.56. The highest BCUT2D eigenvalue weighted by Gasteiger charge is 2.27. The molecule has 1 atom stereocenters. The monoisotopic (exact) mass is 361 g/mol. The van der Waals surface area contributed by atoms with Crippen molar-refractivity contribution in [2.24, 2.45) is 0 Å². The van der Waals surface area contributed by atoms with E-state index < -0.39 is 0 Å². The van der Waals surface area contributed by atoms with Crippen molar-refractivity contribution in [2.75, 3.05) is 33.4 Å². The third kappa shape index (κ3) is 3.64. The smallest absolute Gasteiger partial charge is 0.293 e. The van der Waals surface area contributed by atoms with Crippen LogP contribution >= 0.6 is 0 Å². The molecule has 0 radical (unpaired) electrons. The SMILES string of the molecule is COCCn1nnnc1[C@@H]1CN(Cc2noc(-c3ccco3)n2)CCO1. The second-order valence-corrected chi connectivity index (χ2v) is 5.84. The summed E-state index contributed by atoms with van der Waals surface area (Å²) in [5.74, 6) is 2.21. The second kappa shape index (κ2) is 7.72. The number of aromatic nitrogens is 6. The molecule has 0 amide bonds. The molecular formula is C15H19N7O4. The van der Waals surface area contributed by atoms with E-state index in [2.05, 4.69) is 30.6 Å². The Labute approximate surface area is 148 Å². The lowest BCUT2D eigenvalue weighted by molar-refractivity contribution is -0.0405. The Hall–Kier alpha value is -2.63. The molecule has 1 fully saturated rings. The summed E-state index contributed by atoms with van der Waals surface area (Å²) in [6.45, 7) is 3.63. The zero-order valence-corrected chi connectivity index (χ0v) is 14.3. The van der Waals surface area contributed by atoms with Crippen LogP contribution < -0.4 is 0 Å². The first kappa shape index (κ1) is 16.8. The molecule has 1 aliphatic heterocycles. The van der Waals surface area contributed by atoms with Gasteiger partial charge in [0, 0.05) is 20.2 Å². The molecular weight excluding hydrogens is 342 g/mol. The maximum absolute atomic E-state index is 5.85. The van der Waals surface area contributed by atoms with Crippen molar-refractivity contribution >= 4 is 0 Å². The van der Waals surface area contributed by atoms with E-state index in [1.807, 2.05) is 0 Å². The molecule has 0 aliphatic carbocycles. The lowest BCUT2D eigenvalue weighted by Gasteiger charge is -2.31. The largest absolute Gasteiger partial charge is 0.459 e. The number of ether oxygens (including phenoxy) is 2. The van der Waals surface area contributed by atoms with Crippen molar-refractivity contribution in [1.29, 1.82) is 0 Å². The Morgan fingerprint density at radius 1 is 1.38 bits per heavy atom. The standard InChI is InChI=1S/C15H19N7O4/c1-23-7-5-22-14(17-19-20-22)12-9-21(4-8-25-12)10-13-16-15(26-18-13)11-3-2-6-24-11/h2-3,6,12H,4-5,7-10H2,1H3/t12-/m0/s1. The first-order chi connectivity index (χ1) is 12.8. The van der Waals surface area contributed by atoms with Gasteiger partial charge in [-0.25, -0.2) is 4.68 Å². The van der Waals surface area contributed by atoms with Crippen LogP contribution in [0.25, 0.3) is 11.7 Å². The summed E-state index contributed by atoms with van der Waals surface area (Å²) < 4.78 is 23.2. The van der Waals surface area contributed by atoms with E-state index >= 15 is 0 Å². The van der Waals surface area contributed by atoms with E-state index in [0.29, 0.717) is 56.1 Å². The summed E-state index contributed by atoms with van der Waals surface area (Å²) >= 11 is 0.